The molecule has 0 aromatic heterocycles. The number of para-hydroxylation sites is 1. The van der Waals surface area contributed by atoms with E-state index in [-0.39, 0.29) is 12.5 Å². The van der Waals surface area contributed by atoms with Crippen LogP contribution in [-0.4, -0.2) is 24.6 Å². The fourth-order valence-electron chi connectivity index (χ4n) is 3.31. The summed E-state index contributed by atoms with van der Waals surface area (Å²) in [5.74, 6) is 0.00721. The van der Waals surface area contributed by atoms with Gasteiger partial charge in [-0.2, -0.15) is 0 Å². The lowest BCUT2D eigenvalue weighted by Crippen LogP contribution is -2.31. The van der Waals surface area contributed by atoms with Crippen molar-refractivity contribution in [2.24, 2.45) is 0 Å². The number of carbonyl (C=O) groups is 2. The largest absolute Gasteiger partial charge is 0.481 e. The average Bonchev–Trinajstić information content (AvgIpc) is 2.69. The van der Waals surface area contributed by atoms with Crippen molar-refractivity contribution in [2.75, 3.05) is 11.9 Å². The molecule has 1 amide bonds. The van der Waals surface area contributed by atoms with Crippen LogP contribution in [0.25, 0.3) is 0 Å². The lowest BCUT2D eigenvalue weighted by molar-refractivity contribution is -0.122. The highest BCUT2D eigenvalue weighted by molar-refractivity contribution is 6.02. The van der Waals surface area contributed by atoms with Gasteiger partial charge in [0.05, 0.1) is 17.9 Å². The molecule has 0 saturated carbocycles. The number of carbonyl (C=O) groups excluding carboxylic acids is 2. The maximum absolute atomic E-state index is 12.6. The maximum atomic E-state index is 12.6. The van der Waals surface area contributed by atoms with Crippen LogP contribution in [0.3, 0.4) is 0 Å². The Labute approximate surface area is 159 Å². The van der Waals surface area contributed by atoms with Gasteiger partial charge in [0, 0.05) is 0 Å². The number of fused-ring (bicyclic) bond motifs is 1. The van der Waals surface area contributed by atoms with Crippen LogP contribution in [0.15, 0.2) is 42.5 Å². The van der Waals surface area contributed by atoms with Crippen LogP contribution in [0.2, 0.25) is 0 Å². The van der Waals surface area contributed by atoms with Crippen molar-refractivity contribution in [2.45, 2.75) is 45.6 Å². The number of hydrogen-bond donors (Lipinski definition) is 1. The topological polar surface area (TPSA) is 64.6 Å². The van der Waals surface area contributed by atoms with Crippen LogP contribution in [0.5, 0.6) is 5.75 Å². The molecule has 1 atom stereocenters. The van der Waals surface area contributed by atoms with Gasteiger partial charge in [0.1, 0.15) is 5.75 Å². The molecule has 0 unspecified atom stereocenters. The molecule has 1 aliphatic rings. The number of nitrogens with one attached hydrogen (secondary N) is 1. The average molecular weight is 367 g/mol. The number of aryl methyl sites for hydroxylation is 1. The smallest absolute Gasteiger partial charge is 0.340 e. The minimum atomic E-state index is -0.686. The highest BCUT2D eigenvalue weighted by Gasteiger charge is 2.21. The Balaban J connectivity index is 1.72. The van der Waals surface area contributed by atoms with E-state index in [9.17, 15) is 9.59 Å². The monoisotopic (exact) mass is 367 g/mol. The molecule has 142 valence electrons. The molecule has 5 nitrogen and oxygen atoms in total. The Kier molecular flexibility index (Phi) is 6.12. The molecule has 0 heterocycles. The van der Waals surface area contributed by atoms with E-state index in [1.165, 1.54) is 17.5 Å². The molecule has 0 radical (unpaired) electrons. The molecule has 0 bridgehead atoms. The Hall–Kier alpha value is -2.82. The first kappa shape index (κ1) is 19.0. The van der Waals surface area contributed by atoms with Crippen LogP contribution in [0, 0.1) is 0 Å². The minimum absolute atomic E-state index is 0.278. The summed E-state index contributed by atoms with van der Waals surface area (Å²) in [5.41, 5.74) is 3.26. The van der Waals surface area contributed by atoms with E-state index in [0.717, 1.165) is 25.0 Å². The van der Waals surface area contributed by atoms with E-state index in [1.807, 2.05) is 12.1 Å². The lowest BCUT2D eigenvalue weighted by Gasteiger charge is -2.22. The molecule has 0 spiro atoms. The second-order valence-corrected chi connectivity index (χ2v) is 6.62. The Morgan fingerprint density at radius 3 is 2.67 bits per heavy atom. The van der Waals surface area contributed by atoms with Crippen molar-refractivity contribution in [3.63, 3.8) is 0 Å². The fourth-order valence-corrected chi connectivity index (χ4v) is 3.31. The van der Waals surface area contributed by atoms with Crippen LogP contribution in [0.4, 0.5) is 5.69 Å². The Bertz CT molecular complexity index is 831. The zero-order chi connectivity index (χ0) is 19.2. The summed E-state index contributed by atoms with van der Waals surface area (Å²) < 4.78 is 11.0. The van der Waals surface area contributed by atoms with Gasteiger partial charge in [-0.1, -0.05) is 24.3 Å². The second kappa shape index (κ2) is 8.71. The van der Waals surface area contributed by atoms with E-state index < -0.39 is 12.1 Å². The molecule has 5 heteroatoms. The summed E-state index contributed by atoms with van der Waals surface area (Å²) in [5, 5.41) is 2.79. The predicted octanol–water partition coefficient (Wildman–Crippen LogP) is 4.15. The van der Waals surface area contributed by atoms with Gasteiger partial charge in [0.25, 0.3) is 5.91 Å². The standard InChI is InChI=1S/C22H25NO4/c1-3-26-22(25)18-12-6-7-13-19(18)23-21(24)15(2)27-20-14-8-10-16-9-4-5-11-17(16)20/h6-8,10,12-15H,3-5,9,11H2,1-2H3,(H,23,24)/t15-/m1/s1. The number of esters is 1. The second-order valence-electron chi connectivity index (χ2n) is 6.62. The lowest BCUT2D eigenvalue weighted by atomic mass is 9.91. The normalized spacial score (nSPS) is 14.0. The molecule has 1 N–H and O–H groups in total. The van der Waals surface area contributed by atoms with Crippen molar-refractivity contribution in [1.82, 2.24) is 0 Å². The van der Waals surface area contributed by atoms with Gasteiger partial charge in [-0.15, -0.1) is 0 Å². The quantitative estimate of drug-likeness (QED) is 0.779. The summed E-state index contributed by atoms with van der Waals surface area (Å²) in [6.45, 7) is 3.74. The van der Waals surface area contributed by atoms with Gasteiger partial charge < -0.3 is 14.8 Å². The molecule has 27 heavy (non-hydrogen) atoms. The summed E-state index contributed by atoms with van der Waals surface area (Å²) in [6, 6.07) is 12.8. The first-order chi connectivity index (χ1) is 13.1. The van der Waals surface area contributed by atoms with E-state index in [2.05, 4.69) is 11.4 Å². The molecule has 2 aromatic rings. The number of benzene rings is 2. The number of rotatable bonds is 6. The van der Waals surface area contributed by atoms with Crippen molar-refractivity contribution in [1.29, 1.82) is 0 Å². The third-order valence-electron chi connectivity index (χ3n) is 4.71. The number of anilines is 1. The molecule has 2 aromatic carbocycles. The molecule has 1 aliphatic carbocycles. The maximum Gasteiger partial charge on any atom is 0.340 e. The van der Waals surface area contributed by atoms with E-state index in [4.69, 9.17) is 9.47 Å². The minimum Gasteiger partial charge on any atom is -0.481 e. The van der Waals surface area contributed by atoms with Gasteiger partial charge in [-0.3, -0.25) is 4.79 Å². The zero-order valence-corrected chi connectivity index (χ0v) is 15.8. The molecule has 0 saturated heterocycles. The predicted molar refractivity (Wildman–Crippen MR) is 104 cm³/mol. The molecule has 0 aliphatic heterocycles. The molecule has 0 fully saturated rings. The summed E-state index contributed by atoms with van der Waals surface area (Å²) in [7, 11) is 0. The first-order valence-electron chi connectivity index (χ1n) is 9.44. The van der Waals surface area contributed by atoms with E-state index in [1.54, 1.807) is 38.1 Å². The SMILES string of the molecule is CCOC(=O)c1ccccc1NC(=O)[C@@H](C)Oc1cccc2c1CCCC2. The van der Waals surface area contributed by atoms with Crippen molar-refractivity contribution in [3.8, 4) is 5.75 Å². The summed E-state index contributed by atoms with van der Waals surface area (Å²) >= 11 is 0. The summed E-state index contributed by atoms with van der Waals surface area (Å²) in [6.07, 6.45) is 3.68. The van der Waals surface area contributed by atoms with Gasteiger partial charge in [0.2, 0.25) is 0 Å². The molecular formula is C22H25NO4. The van der Waals surface area contributed by atoms with Crippen LogP contribution >= 0.6 is 0 Å². The molecule has 3 rings (SSSR count). The highest BCUT2D eigenvalue weighted by atomic mass is 16.5. The highest BCUT2D eigenvalue weighted by Crippen LogP contribution is 2.30. The van der Waals surface area contributed by atoms with Crippen molar-refractivity contribution in [3.05, 3.63) is 59.2 Å². The number of hydrogen-bond acceptors (Lipinski definition) is 4. The number of ether oxygens (including phenoxy) is 2. The van der Waals surface area contributed by atoms with Crippen LogP contribution in [-0.2, 0) is 22.4 Å². The zero-order valence-electron chi connectivity index (χ0n) is 15.8. The fraction of sp³-hybridized carbons (Fsp3) is 0.364. The Morgan fingerprint density at radius 2 is 1.85 bits per heavy atom. The van der Waals surface area contributed by atoms with E-state index >= 15 is 0 Å². The van der Waals surface area contributed by atoms with Gasteiger partial charge in [-0.05, 0) is 68.9 Å². The summed E-state index contributed by atoms with van der Waals surface area (Å²) in [4.78, 5) is 24.7. The third kappa shape index (κ3) is 4.48. The third-order valence-corrected chi connectivity index (χ3v) is 4.71. The van der Waals surface area contributed by atoms with Gasteiger partial charge >= 0.3 is 5.97 Å². The Morgan fingerprint density at radius 1 is 1.07 bits per heavy atom. The molecular weight excluding hydrogens is 342 g/mol. The number of amides is 1. The first-order valence-corrected chi connectivity index (χ1v) is 9.44. The van der Waals surface area contributed by atoms with Crippen LogP contribution < -0.4 is 10.1 Å². The van der Waals surface area contributed by atoms with Crippen molar-refractivity contribution >= 4 is 17.6 Å². The van der Waals surface area contributed by atoms with Crippen LogP contribution in [0.1, 0.15) is 48.2 Å². The van der Waals surface area contributed by atoms with Gasteiger partial charge in [0.15, 0.2) is 6.10 Å². The van der Waals surface area contributed by atoms with E-state index in [0.29, 0.717) is 11.3 Å². The van der Waals surface area contributed by atoms with Gasteiger partial charge in [-0.25, -0.2) is 4.79 Å². The van der Waals surface area contributed by atoms with Crippen molar-refractivity contribution < 1.29 is 19.1 Å².